The van der Waals surface area contributed by atoms with E-state index in [0.717, 1.165) is 17.4 Å². The SMILES string of the molecule is O=C(COc1cnc(N2C(=O)[C@@H]3[C@H](C2=O)C2C=C[C@H]3C3C[C@@H]23)nc1)c1ccc(F)c(Cl)c1. The van der Waals surface area contributed by atoms with Crippen LogP contribution >= 0.6 is 11.6 Å². The molecule has 0 spiro atoms. The monoisotopic (exact) mass is 453 g/mol. The van der Waals surface area contributed by atoms with Gasteiger partial charge in [-0.25, -0.2) is 19.3 Å². The second-order valence-corrected chi connectivity index (χ2v) is 9.13. The fraction of sp³-hybridized carbons (Fsp3) is 0.348. The van der Waals surface area contributed by atoms with E-state index in [1.165, 1.54) is 24.5 Å². The quantitative estimate of drug-likeness (QED) is 0.392. The van der Waals surface area contributed by atoms with Gasteiger partial charge in [-0.2, -0.15) is 0 Å². The maximum Gasteiger partial charge on any atom is 0.240 e. The number of ether oxygens (including phenoxy) is 1. The topological polar surface area (TPSA) is 89.5 Å². The maximum absolute atomic E-state index is 13.3. The van der Waals surface area contributed by atoms with Crippen LogP contribution in [0.2, 0.25) is 5.02 Å². The molecule has 0 N–H and O–H groups in total. The van der Waals surface area contributed by atoms with Gasteiger partial charge in [0.2, 0.25) is 17.8 Å². The molecule has 1 aliphatic heterocycles. The Labute approximate surface area is 187 Å². The third-order valence-corrected chi connectivity index (χ3v) is 7.38. The molecule has 1 saturated heterocycles. The van der Waals surface area contributed by atoms with Crippen LogP contribution in [0.3, 0.4) is 0 Å². The number of carbonyl (C=O) groups excluding carboxylic acids is 3. The lowest BCUT2D eigenvalue weighted by molar-refractivity contribution is -0.124. The molecule has 162 valence electrons. The van der Waals surface area contributed by atoms with Crippen LogP contribution in [0, 0.1) is 41.3 Å². The van der Waals surface area contributed by atoms with Crippen LogP contribution < -0.4 is 9.64 Å². The molecule has 6 atom stereocenters. The predicted molar refractivity (Wildman–Crippen MR) is 110 cm³/mol. The van der Waals surface area contributed by atoms with Gasteiger partial charge in [0, 0.05) is 5.56 Å². The van der Waals surface area contributed by atoms with Gasteiger partial charge in [-0.15, -0.1) is 0 Å². The van der Waals surface area contributed by atoms with Crippen LogP contribution in [0.4, 0.5) is 10.3 Å². The molecule has 32 heavy (non-hydrogen) atoms. The number of imide groups is 1. The van der Waals surface area contributed by atoms with E-state index in [1.807, 2.05) is 0 Å². The zero-order valence-corrected chi connectivity index (χ0v) is 17.4. The normalized spacial score (nSPS) is 31.5. The van der Waals surface area contributed by atoms with Crippen LogP contribution in [0.1, 0.15) is 16.8 Å². The van der Waals surface area contributed by atoms with E-state index in [2.05, 4.69) is 22.1 Å². The van der Waals surface area contributed by atoms with E-state index >= 15 is 0 Å². The zero-order chi connectivity index (χ0) is 22.1. The number of halogens is 2. The molecule has 2 unspecified atom stereocenters. The van der Waals surface area contributed by atoms with Gasteiger partial charge in [-0.1, -0.05) is 23.8 Å². The highest BCUT2D eigenvalue weighted by Crippen LogP contribution is 2.65. The highest BCUT2D eigenvalue weighted by molar-refractivity contribution is 6.31. The minimum absolute atomic E-state index is 0.0199. The van der Waals surface area contributed by atoms with Crippen molar-refractivity contribution >= 4 is 35.1 Å². The van der Waals surface area contributed by atoms with E-state index in [0.29, 0.717) is 11.8 Å². The Balaban J connectivity index is 1.15. The van der Waals surface area contributed by atoms with Crippen molar-refractivity contribution in [3.8, 4) is 5.75 Å². The second-order valence-electron chi connectivity index (χ2n) is 8.73. The van der Waals surface area contributed by atoms with Crippen LogP contribution in [0.5, 0.6) is 5.75 Å². The summed E-state index contributed by atoms with van der Waals surface area (Å²) in [6.07, 6.45) is 7.96. The van der Waals surface area contributed by atoms with Gasteiger partial charge >= 0.3 is 0 Å². The number of benzene rings is 1. The first-order chi connectivity index (χ1) is 15.4. The maximum atomic E-state index is 13.3. The third kappa shape index (κ3) is 2.82. The van der Waals surface area contributed by atoms with Crippen molar-refractivity contribution < 1.29 is 23.5 Å². The van der Waals surface area contributed by atoms with Gasteiger partial charge in [-0.05, 0) is 48.3 Å². The molecule has 2 amide bonds. The molecule has 2 saturated carbocycles. The predicted octanol–water partition coefficient (Wildman–Crippen LogP) is 3.09. The summed E-state index contributed by atoms with van der Waals surface area (Å²) in [6.45, 7) is -0.325. The van der Waals surface area contributed by atoms with Gasteiger partial charge < -0.3 is 4.74 Å². The Morgan fingerprint density at radius 3 is 2.31 bits per heavy atom. The largest absolute Gasteiger partial charge is 0.482 e. The van der Waals surface area contributed by atoms with Crippen molar-refractivity contribution in [1.82, 2.24) is 9.97 Å². The van der Waals surface area contributed by atoms with Gasteiger partial charge in [0.25, 0.3) is 0 Å². The lowest BCUT2D eigenvalue weighted by Crippen LogP contribution is -2.40. The Kier molecular flexibility index (Phi) is 4.24. The Bertz CT molecular complexity index is 1160. The van der Waals surface area contributed by atoms with Crippen molar-refractivity contribution in [3.05, 3.63) is 59.1 Å². The van der Waals surface area contributed by atoms with Crippen molar-refractivity contribution in [2.24, 2.45) is 35.5 Å². The van der Waals surface area contributed by atoms with Crippen LogP contribution in [-0.4, -0.2) is 34.2 Å². The molecule has 2 bridgehead atoms. The lowest BCUT2D eigenvalue weighted by Gasteiger charge is -2.37. The number of carbonyl (C=O) groups is 3. The lowest BCUT2D eigenvalue weighted by atomic mass is 9.63. The summed E-state index contributed by atoms with van der Waals surface area (Å²) in [5, 5.41) is -0.148. The van der Waals surface area contributed by atoms with Gasteiger partial charge in [-0.3, -0.25) is 14.4 Å². The van der Waals surface area contributed by atoms with Crippen molar-refractivity contribution in [2.75, 3.05) is 11.5 Å². The average Bonchev–Trinajstić information content (AvgIpc) is 3.58. The first-order valence-corrected chi connectivity index (χ1v) is 10.8. The number of nitrogens with zero attached hydrogens (tertiary/aromatic N) is 3. The van der Waals surface area contributed by atoms with E-state index in [1.54, 1.807) is 0 Å². The fourth-order valence-corrected chi connectivity index (χ4v) is 5.74. The summed E-state index contributed by atoms with van der Waals surface area (Å²) in [7, 11) is 0. The van der Waals surface area contributed by atoms with E-state index in [-0.39, 0.29) is 64.4 Å². The molecule has 1 aromatic carbocycles. The molecule has 2 aromatic rings. The number of Topliss-reactive ketones (excluding diaryl/α,β-unsaturated/α-hetero) is 1. The fourth-order valence-electron chi connectivity index (χ4n) is 5.56. The molecule has 4 aliphatic carbocycles. The number of hydrogen-bond acceptors (Lipinski definition) is 6. The number of allylic oxidation sites excluding steroid dienone is 2. The van der Waals surface area contributed by atoms with Gasteiger partial charge in [0.1, 0.15) is 5.82 Å². The highest BCUT2D eigenvalue weighted by atomic mass is 35.5. The Hall–Kier alpha value is -3.13. The highest BCUT2D eigenvalue weighted by Gasteiger charge is 2.67. The number of rotatable bonds is 5. The van der Waals surface area contributed by atoms with Crippen molar-refractivity contribution in [1.29, 1.82) is 0 Å². The average molecular weight is 454 g/mol. The molecular weight excluding hydrogens is 437 g/mol. The van der Waals surface area contributed by atoms with Crippen LogP contribution in [0.25, 0.3) is 0 Å². The van der Waals surface area contributed by atoms with E-state index < -0.39 is 11.6 Å². The third-order valence-electron chi connectivity index (χ3n) is 7.09. The van der Waals surface area contributed by atoms with Gasteiger partial charge in [0.05, 0.1) is 29.3 Å². The molecule has 1 aromatic heterocycles. The number of hydrogen-bond donors (Lipinski definition) is 0. The molecule has 5 aliphatic rings. The smallest absolute Gasteiger partial charge is 0.240 e. The molecule has 9 heteroatoms. The Morgan fingerprint density at radius 2 is 1.72 bits per heavy atom. The van der Waals surface area contributed by atoms with E-state index in [4.69, 9.17) is 16.3 Å². The summed E-state index contributed by atoms with van der Waals surface area (Å²) in [6, 6.07) is 3.67. The summed E-state index contributed by atoms with van der Waals surface area (Å²) < 4.78 is 18.7. The standard InChI is InChI=1S/C23H17ClFN3O4/c24-16-5-10(1-4-17(16)25)18(29)9-32-11-7-26-23(27-8-11)28-21(30)19-12-2-3-13(15-6-14(12)15)20(19)22(28)31/h1-5,7-8,12-15,19-20H,6,9H2/t12-,13?,14?,15-,19-,20+/m0/s1. The van der Waals surface area contributed by atoms with Crippen molar-refractivity contribution in [2.45, 2.75) is 6.42 Å². The zero-order valence-electron chi connectivity index (χ0n) is 16.7. The minimum Gasteiger partial charge on any atom is -0.482 e. The first kappa shape index (κ1) is 19.5. The summed E-state index contributed by atoms with van der Waals surface area (Å²) in [4.78, 5) is 47.8. The van der Waals surface area contributed by atoms with Crippen LogP contribution in [0.15, 0.2) is 42.7 Å². The minimum atomic E-state index is -0.611. The summed E-state index contributed by atoms with van der Waals surface area (Å²) in [5.74, 6) is -0.589. The molecule has 7 nitrogen and oxygen atoms in total. The second kappa shape index (κ2) is 6.93. The first-order valence-electron chi connectivity index (χ1n) is 10.4. The molecular formula is C23H17ClFN3O4. The number of amides is 2. The Morgan fingerprint density at radius 1 is 1.09 bits per heavy atom. The molecule has 2 heterocycles. The van der Waals surface area contributed by atoms with Crippen molar-refractivity contribution in [3.63, 3.8) is 0 Å². The number of anilines is 1. The summed E-state index contributed by atoms with van der Waals surface area (Å²) in [5.41, 5.74) is 0.214. The molecule has 0 radical (unpaired) electrons. The van der Waals surface area contributed by atoms with Crippen LogP contribution in [-0.2, 0) is 9.59 Å². The molecule has 3 fully saturated rings. The molecule has 7 rings (SSSR count). The van der Waals surface area contributed by atoms with Gasteiger partial charge in [0.15, 0.2) is 18.1 Å². The van der Waals surface area contributed by atoms with E-state index in [9.17, 15) is 18.8 Å². The number of ketones is 1. The summed E-state index contributed by atoms with van der Waals surface area (Å²) >= 11 is 5.70. The number of aromatic nitrogens is 2.